The van der Waals surface area contributed by atoms with Crippen molar-refractivity contribution in [1.29, 1.82) is 0 Å². The predicted molar refractivity (Wildman–Crippen MR) is 64.9 cm³/mol. The van der Waals surface area contributed by atoms with Crippen LogP contribution in [0.15, 0.2) is 18.2 Å². The SMILES string of the molecule is CS(=O)(=O)OC(=O)C(N)COCc1ccc(F)cc1F. The molecule has 0 aromatic heterocycles. The summed E-state index contributed by atoms with van der Waals surface area (Å²) in [7, 11) is -3.94. The van der Waals surface area contributed by atoms with Crippen LogP contribution in [0, 0.1) is 11.6 Å². The van der Waals surface area contributed by atoms with E-state index >= 15 is 0 Å². The maximum Gasteiger partial charge on any atom is 0.341 e. The van der Waals surface area contributed by atoms with Crippen molar-refractivity contribution in [1.82, 2.24) is 0 Å². The van der Waals surface area contributed by atoms with Gasteiger partial charge in [0.05, 0.1) is 19.5 Å². The van der Waals surface area contributed by atoms with Crippen LogP contribution in [0.3, 0.4) is 0 Å². The van der Waals surface area contributed by atoms with Gasteiger partial charge in [0.15, 0.2) is 0 Å². The van der Waals surface area contributed by atoms with Crippen LogP contribution in [-0.2, 0) is 30.4 Å². The molecule has 0 bridgehead atoms. The van der Waals surface area contributed by atoms with Crippen molar-refractivity contribution >= 4 is 16.1 Å². The Bertz CT molecular complexity index is 590. The van der Waals surface area contributed by atoms with Crippen molar-refractivity contribution in [2.75, 3.05) is 12.9 Å². The number of hydrogen-bond acceptors (Lipinski definition) is 6. The minimum Gasteiger partial charge on any atom is -0.374 e. The van der Waals surface area contributed by atoms with Gasteiger partial charge >= 0.3 is 16.1 Å². The number of carbonyl (C=O) groups excluding carboxylic acids is 1. The Morgan fingerprint density at radius 1 is 1.40 bits per heavy atom. The van der Waals surface area contributed by atoms with Gasteiger partial charge in [0.25, 0.3) is 0 Å². The molecule has 6 nitrogen and oxygen atoms in total. The molecule has 0 spiro atoms. The monoisotopic (exact) mass is 309 g/mol. The van der Waals surface area contributed by atoms with Gasteiger partial charge < -0.3 is 14.7 Å². The van der Waals surface area contributed by atoms with E-state index < -0.39 is 33.8 Å². The molecule has 1 rings (SSSR count). The first kappa shape index (κ1) is 16.5. The van der Waals surface area contributed by atoms with Crippen LogP contribution in [0.4, 0.5) is 8.78 Å². The molecule has 0 fully saturated rings. The summed E-state index contributed by atoms with van der Waals surface area (Å²) in [5, 5.41) is 0. The molecular formula is C11H13F2NO5S. The molecule has 1 aromatic carbocycles. The predicted octanol–water partition coefficient (Wildman–Crippen LogP) is 0.311. The Balaban J connectivity index is 2.46. The Morgan fingerprint density at radius 2 is 2.05 bits per heavy atom. The summed E-state index contributed by atoms with van der Waals surface area (Å²) in [6, 6.07) is 1.61. The summed E-state index contributed by atoms with van der Waals surface area (Å²) < 4.78 is 56.3. The lowest BCUT2D eigenvalue weighted by Gasteiger charge is -2.11. The summed E-state index contributed by atoms with van der Waals surface area (Å²) in [6.45, 7) is -0.614. The first-order valence-corrected chi connectivity index (χ1v) is 7.21. The van der Waals surface area contributed by atoms with Gasteiger partial charge in [-0.05, 0) is 6.07 Å². The van der Waals surface area contributed by atoms with Crippen LogP contribution in [0.2, 0.25) is 0 Å². The highest BCUT2D eigenvalue weighted by Crippen LogP contribution is 2.10. The summed E-state index contributed by atoms with van der Waals surface area (Å²) in [5.74, 6) is -2.69. The second-order valence-electron chi connectivity index (χ2n) is 3.96. The van der Waals surface area contributed by atoms with E-state index in [1.807, 2.05) is 0 Å². The van der Waals surface area contributed by atoms with Crippen LogP contribution in [-0.4, -0.2) is 33.3 Å². The number of hydrogen-bond donors (Lipinski definition) is 1. The molecule has 112 valence electrons. The van der Waals surface area contributed by atoms with E-state index in [2.05, 4.69) is 4.18 Å². The lowest BCUT2D eigenvalue weighted by atomic mass is 10.2. The molecule has 20 heavy (non-hydrogen) atoms. The van der Waals surface area contributed by atoms with Crippen LogP contribution < -0.4 is 5.73 Å². The lowest BCUT2D eigenvalue weighted by molar-refractivity contribution is -0.136. The molecule has 0 amide bonds. The van der Waals surface area contributed by atoms with Crippen LogP contribution in [0.1, 0.15) is 5.56 Å². The van der Waals surface area contributed by atoms with E-state index in [0.29, 0.717) is 12.3 Å². The molecule has 0 aliphatic heterocycles. The molecule has 1 aromatic rings. The van der Waals surface area contributed by atoms with E-state index in [-0.39, 0.29) is 18.8 Å². The highest BCUT2D eigenvalue weighted by molar-refractivity contribution is 7.86. The van der Waals surface area contributed by atoms with Gasteiger partial charge in [-0.15, -0.1) is 0 Å². The third-order valence-corrected chi connectivity index (χ3v) is 2.57. The van der Waals surface area contributed by atoms with E-state index in [9.17, 15) is 22.0 Å². The highest BCUT2D eigenvalue weighted by Gasteiger charge is 2.20. The van der Waals surface area contributed by atoms with E-state index in [0.717, 1.165) is 6.07 Å². The number of benzene rings is 1. The van der Waals surface area contributed by atoms with Gasteiger partial charge in [-0.2, -0.15) is 8.42 Å². The quantitative estimate of drug-likeness (QED) is 0.760. The molecule has 0 aliphatic carbocycles. The molecule has 0 heterocycles. The fourth-order valence-electron chi connectivity index (χ4n) is 1.21. The topological polar surface area (TPSA) is 95.7 Å². The van der Waals surface area contributed by atoms with Crippen molar-refractivity contribution in [2.24, 2.45) is 5.73 Å². The van der Waals surface area contributed by atoms with Crippen molar-refractivity contribution in [2.45, 2.75) is 12.6 Å². The third-order valence-electron chi connectivity index (χ3n) is 2.11. The second-order valence-corrected chi connectivity index (χ2v) is 5.54. The van der Waals surface area contributed by atoms with Crippen molar-refractivity contribution < 1.29 is 30.9 Å². The minimum atomic E-state index is -3.94. The fourth-order valence-corrected chi connectivity index (χ4v) is 1.64. The standard InChI is InChI=1S/C11H13F2NO5S/c1-20(16,17)19-11(15)10(14)6-18-5-7-2-3-8(12)4-9(7)13/h2-4,10H,5-6,14H2,1H3. The van der Waals surface area contributed by atoms with Gasteiger partial charge in [-0.25, -0.2) is 13.6 Å². The Morgan fingerprint density at radius 3 is 2.60 bits per heavy atom. The number of carbonyl (C=O) groups is 1. The number of ether oxygens (including phenoxy) is 1. The molecular weight excluding hydrogens is 296 g/mol. The number of rotatable bonds is 6. The Kier molecular flexibility index (Phi) is 5.54. The van der Waals surface area contributed by atoms with Crippen molar-refractivity contribution in [3.8, 4) is 0 Å². The van der Waals surface area contributed by atoms with Gasteiger partial charge in [0, 0.05) is 11.6 Å². The van der Waals surface area contributed by atoms with E-state index in [4.69, 9.17) is 10.5 Å². The average molecular weight is 309 g/mol. The molecule has 0 aliphatic rings. The first-order chi connectivity index (χ1) is 9.19. The average Bonchev–Trinajstić information content (AvgIpc) is 2.29. The third kappa shape index (κ3) is 5.59. The summed E-state index contributed by atoms with van der Waals surface area (Å²) in [5.41, 5.74) is 5.41. The van der Waals surface area contributed by atoms with Crippen LogP contribution in [0.5, 0.6) is 0 Å². The van der Waals surface area contributed by atoms with Crippen molar-refractivity contribution in [3.63, 3.8) is 0 Å². The van der Waals surface area contributed by atoms with Gasteiger partial charge in [0.2, 0.25) is 0 Å². The molecule has 0 saturated carbocycles. The molecule has 0 saturated heterocycles. The zero-order valence-corrected chi connectivity index (χ0v) is 11.3. The Labute approximate surface area is 114 Å². The maximum atomic E-state index is 13.2. The number of halogens is 2. The second kappa shape index (κ2) is 6.73. The molecule has 1 unspecified atom stereocenters. The largest absolute Gasteiger partial charge is 0.374 e. The van der Waals surface area contributed by atoms with E-state index in [1.165, 1.54) is 6.07 Å². The highest BCUT2D eigenvalue weighted by atomic mass is 32.2. The molecule has 9 heteroatoms. The maximum absolute atomic E-state index is 13.2. The smallest absolute Gasteiger partial charge is 0.341 e. The Hall–Kier alpha value is -1.58. The summed E-state index contributed by atoms with van der Waals surface area (Å²) in [6.07, 6.45) is 0.701. The summed E-state index contributed by atoms with van der Waals surface area (Å²) in [4.78, 5) is 11.2. The van der Waals surface area contributed by atoms with Crippen molar-refractivity contribution in [3.05, 3.63) is 35.4 Å². The van der Waals surface area contributed by atoms with Gasteiger partial charge in [0.1, 0.15) is 17.7 Å². The van der Waals surface area contributed by atoms with Crippen LogP contribution in [0.25, 0.3) is 0 Å². The fraction of sp³-hybridized carbons (Fsp3) is 0.364. The first-order valence-electron chi connectivity index (χ1n) is 5.39. The molecule has 0 radical (unpaired) electrons. The number of nitrogens with two attached hydrogens (primary N) is 1. The zero-order valence-electron chi connectivity index (χ0n) is 10.5. The molecule has 1 atom stereocenters. The van der Waals surface area contributed by atoms with Crippen LogP contribution >= 0.6 is 0 Å². The van der Waals surface area contributed by atoms with E-state index in [1.54, 1.807) is 0 Å². The molecule has 2 N–H and O–H groups in total. The van der Waals surface area contributed by atoms with Gasteiger partial charge in [-0.1, -0.05) is 6.07 Å². The zero-order chi connectivity index (χ0) is 15.3. The summed E-state index contributed by atoms with van der Waals surface area (Å²) >= 11 is 0. The minimum absolute atomic E-state index is 0.0788. The lowest BCUT2D eigenvalue weighted by Crippen LogP contribution is -2.37. The van der Waals surface area contributed by atoms with Gasteiger partial charge in [-0.3, -0.25) is 0 Å². The normalized spacial score (nSPS) is 13.0.